The molecule has 0 aliphatic carbocycles. The van der Waals surface area contributed by atoms with E-state index in [4.69, 9.17) is 27.7 Å². The molecule has 6 N–H and O–H groups in total. The Morgan fingerprint density at radius 2 is 2.00 bits per heavy atom. The summed E-state index contributed by atoms with van der Waals surface area (Å²) in [4.78, 5) is 28.8. The number of fused-ring (bicyclic) bond motifs is 1. The zero-order valence-electron chi connectivity index (χ0n) is 8.58. The van der Waals surface area contributed by atoms with Crippen LogP contribution in [0, 0.1) is 4.64 Å². The molecule has 0 aliphatic rings. The van der Waals surface area contributed by atoms with Crippen LogP contribution < -0.4 is 5.73 Å². The van der Waals surface area contributed by atoms with Crippen molar-refractivity contribution in [1.29, 1.82) is 0 Å². The third-order valence-electron chi connectivity index (χ3n) is 1.49. The number of aromatic nitrogens is 4. The van der Waals surface area contributed by atoms with E-state index in [1.807, 2.05) is 0 Å². The molecule has 0 radical (unpaired) electrons. The molecule has 2 aromatic heterocycles. The van der Waals surface area contributed by atoms with Crippen molar-refractivity contribution in [3.05, 3.63) is 11.0 Å². The van der Waals surface area contributed by atoms with Gasteiger partial charge < -0.3 is 25.5 Å². The minimum absolute atomic E-state index is 0.287. The summed E-state index contributed by atoms with van der Waals surface area (Å²) in [5.74, 6) is 0.287. The number of nitrogens with one attached hydrogen (secondary N) is 2. The first-order valence-electron chi connectivity index (χ1n) is 4.22. The standard InChI is InChI=1S/C5H5N5S.H4O5P2/c6-5-9-3-2(4(11)10-5)7-1-8-3;1-6(2)5-7(3)4/h1H,(H4,6,7,8,9,10,11);6-7H,(H,1,2)(H,3,4). The Balaban J connectivity index is 0.000000203. The number of rotatable bonds is 2. The molecule has 10 nitrogen and oxygen atoms in total. The Morgan fingerprint density at radius 1 is 1.39 bits per heavy atom. The highest BCUT2D eigenvalue weighted by molar-refractivity contribution is 7.71. The Morgan fingerprint density at radius 3 is 2.50 bits per heavy atom. The summed E-state index contributed by atoms with van der Waals surface area (Å²) >= 11 is 4.95. The highest BCUT2D eigenvalue weighted by Gasteiger charge is 1.99. The van der Waals surface area contributed by atoms with E-state index >= 15 is 0 Å². The number of aromatic amines is 2. The molecular weight excluding hydrogens is 304 g/mol. The molecule has 0 aliphatic heterocycles. The fraction of sp³-hybridized carbons (Fsp3) is 0. The number of anilines is 1. The normalized spacial score (nSPS) is 13.7. The molecule has 0 amide bonds. The Kier molecular flexibility index (Phi) is 5.60. The first-order valence-corrected chi connectivity index (χ1v) is 7.16. The highest BCUT2D eigenvalue weighted by atomic mass is 32.1. The molecule has 0 bridgehead atoms. The summed E-state index contributed by atoms with van der Waals surface area (Å²) in [6.07, 6.45) is 1.53. The predicted octanol–water partition coefficient (Wildman–Crippen LogP) is 0.365. The van der Waals surface area contributed by atoms with Gasteiger partial charge in [-0.3, -0.25) is 9.13 Å². The maximum Gasteiger partial charge on any atom is 0.323 e. The van der Waals surface area contributed by atoms with E-state index in [9.17, 15) is 9.13 Å². The van der Waals surface area contributed by atoms with Gasteiger partial charge in [0.2, 0.25) is 5.95 Å². The van der Waals surface area contributed by atoms with Crippen LogP contribution in [0.2, 0.25) is 0 Å². The first kappa shape index (κ1) is 15.0. The average molecular weight is 313 g/mol. The highest BCUT2D eigenvalue weighted by Crippen LogP contribution is 2.30. The van der Waals surface area contributed by atoms with Crippen LogP contribution in [0.15, 0.2) is 6.33 Å². The third kappa shape index (κ3) is 4.65. The van der Waals surface area contributed by atoms with E-state index in [0.29, 0.717) is 15.8 Å². The van der Waals surface area contributed by atoms with E-state index in [1.165, 1.54) is 6.33 Å². The van der Waals surface area contributed by atoms with Gasteiger partial charge in [0.1, 0.15) is 10.2 Å². The van der Waals surface area contributed by atoms with Crippen molar-refractivity contribution in [3.63, 3.8) is 0 Å². The van der Waals surface area contributed by atoms with E-state index < -0.39 is 16.5 Å². The number of hydrogen-bond donors (Lipinski definition) is 5. The second-order valence-corrected chi connectivity index (χ2v) is 4.97. The van der Waals surface area contributed by atoms with Crippen LogP contribution in [-0.2, 0) is 13.4 Å². The molecule has 0 saturated heterocycles. The lowest BCUT2D eigenvalue weighted by molar-refractivity contribution is 0.371. The van der Waals surface area contributed by atoms with Crippen LogP contribution in [0.25, 0.3) is 11.2 Å². The van der Waals surface area contributed by atoms with Gasteiger partial charge in [0, 0.05) is 0 Å². The smallest absolute Gasteiger partial charge is 0.323 e. The summed E-state index contributed by atoms with van der Waals surface area (Å²) < 4.78 is 22.9. The SMILES string of the molecule is Nc1nc2nc[nH]c2c(=S)[nH]1.O=[PH](O)O[PH](=O)O. The lowest BCUT2D eigenvalue weighted by Gasteiger charge is -1.91. The number of H-pyrrole nitrogens is 2. The van der Waals surface area contributed by atoms with Crippen molar-refractivity contribution in [1.82, 2.24) is 19.9 Å². The molecule has 100 valence electrons. The van der Waals surface area contributed by atoms with Crippen molar-refractivity contribution < 1.29 is 23.2 Å². The van der Waals surface area contributed by atoms with Crippen LogP contribution in [0.5, 0.6) is 0 Å². The molecule has 13 heteroatoms. The molecule has 0 saturated carbocycles. The molecule has 0 aromatic carbocycles. The summed E-state index contributed by atoms with van der Waals surface area (Å²) in [6.45, 7) is 0. The molecule has 2 unspecified atom stereocenters. The Bertz CT molecular complexity index is 628. The van der Waals surface area contributed by atoms with E-state index in [-0.39, 0.29) is 5.95 Å². The van der Waals surface area contributed by atoms with Crippen molar-refractivity contribution >= 4 is 45.8 Å². The number of imidazole rings is 1. The summed E-state index contributed by atoms with van der Waals surface area (Å²) in [7, 11) is -6.40. The van der Waals surface area contributed by atoms with E-state index in [1.54, 1.807) is 0 Å². The van der Waals surface area contributed by atoms with Crippen molar-refractivity contribution in [2.45, 2.75) is 0 Å². The van der Waals surface area contributed by atoms with Crippen LogP contribution in [0.3, 0.4) is 0 Å². The zero-order chi connectivity index (χ0) is 13.7. The number of nitrogens with zero attached hydrogens (tertiary/aromatic N) is 2. The average Bonchev–Trinajstić information content (AvgIpc) is 2.63. The second-order valence-electron chi connectivity index (χ2n) is 2.69. The molecule has 2 atom stereocenters. The predicted molar refractivity (Wildman–Crippen MR) is 67.0 cm³/mol. The summed E-state index contributed by atoms with van der Waals surface area (Å²) in [5, 5.41) is 0. The Labute approximate surface area is 106 Å². The van der Waals surface area contributed by atoms with Gasteiger partial charge in [-0.25, -0.2) is 9.29 Å². The van der Waals surface area contributed by atoms with Crippen molar-refractivity contribution in [3.8, 4) is 0 Å². The molecule has 2 heterocycles. The summed E-state index contributed by atoms with van der Waals surface area (Å²) in [6, 6.07) is 0. The number of hydrogen-bond acceptors (Lipinski definition) is 7. The van der Waals surface area contributed by atoms with Gasteiger partial charge >= 0.3 is 16.5 Å². The fourth-order valence-electron chi connectivity index (χ4n) is 0.934. The lowest BCUT2D eigenvalue weighted by Crippen LogP contribution is -1.94. The zero-order valence-corrected chi connectivity index (χ0v) is 11.4. The second kappa shape index (κ2) is 6.74. The number of nitrogen functional groups attached to an aromatic ring is 1. The minimum Gasteiger partial charge on any atom is -0.369 e. The van der Waals surface area contributed by atoms with E-state index in [0.717, 1.165) is 0 Å². The van der Waals surface area contributed by atoms with Gasteiger partial charge in [0.15, 0.2) is 5.65 Å². The van der Waals surface area contributed by atoms with Gasteiger partial charge in [-0.15, -0.1) is 0 Å². The van der Waals surface area contributed by atoms with Crippen LogP contribution >= 0.6 is 28.7 Å². The van der Waals surface area contributed by atoms with Gasteiger partial charge in [-0.2, -0.15) is 4.98 Å². The molecule has 18 heavy (non-hydrogen) atoms. The first-order chi connectivity index (χ1) is 8.40. The topological polar surface area (TPSA) is 167 Å². The molecular formula is C5H9N5O5P2S. The third-order valence-corrected chi connectivity index (χ3v) is 3.19. The van der Waals surface area contributed by atoms with E-state index in [2.05, 4.69) is 24.2 Å². The maximum atomic E-state index is 9.44. The van der Waals surface area contributed by atoms with Crippen LogP contribution in [0.1, 0.15) is 0 Å². The van der Waals surface area contributed by atoms with Crippen molar-refractivity contribution in [2.75, 3.05) is 5.73 Å². The molecule has 2 rings (SSSR count). The van der Waals surface area contributed by atoms with Crippen molar-refractivity contribution in [2.24, 2.45) is 0 Å². The lowest BCUT2D eigenvalue weighted by atomic mass is 10.6. The minimum atomic E-state index is -3.20. The van der Waals surface area contributed by atoms with Gasteiger partial charge in [-0.05, 0) is 0 Å². The molecule has 0 spiro atoms. The van der Waals surface area contributed by atoms with Crippen LogP contribution in [-0.4, -0.2) is 29.7 Å². The van der Waals surface area contributed by atoms with Crippen LogP contribution in [0.4, 0.5) is 5.95 Å². The van der Waals surface area contributed by atoms with Gasteiger partial charge in [0.05, 0.1) is 6.33 Å². The monoisotopic (exact) mass is 313 g/mol. The Hall–Kier alpha value is -1.09. The summed E-state index contributed by atoms with van der Waals surface area (Å²) in [5.41, 5.74) is 6.66. The number of nitrogens with two attached hydrogens (primary N) is 1. The molecule has 2 aromatic rings. The molecule has 0 fully saturated rings. The van der Waals surface area contributed by atoms with Gasteiger partial charge in [-0.1, -0.05) is 12.2 Å². The maximum absolute atomic E-state index is 9.44. The van der Waals surface area contributed by atoms with Gasteiger partial charge in [0.25, 0.3) is 0 Å². The quantitative estimate of drug-likeness (QED) is 0.388. The fourth-order valence-corrected chi connectivity index (χ4v) is 1.79. The largest absolute Gasteiger partial charge is 0.369 e.